The van der Waals surface area contributed by atoms with Gasteiger partial charge in [0.1, 0.15) is 4.88 Å². The number of benzene rings is 1. The van der Waals surface area contributed by atoms with Gasteiger partial charge in [-0.25, -0.2) is 4.98 Å². The van der Waals surface area contributed by atoms with Crippen LogP contribution in [0.2, 0.25) is 0 Å². The predicted octanol–water partition coefficient (Wildman–Crippen LogP) is 4.50. The Morgan fingerprint density at radius 2 is 2.04 bits per heavy atom. The van der Waals surface area contributed by atoms with Crippen LogP contribution in [0.5, 0.6) is 0 Å². The number of allylic oxidation sites excluding steroid dienone is 1. The molecule has 3 aromatic rings. The van der Waals surface area contributed by atoms with Crippen LogP contribution in [0, 0.1) is 12.8 Å². The van der Waals surface area contributed by atoms with E-state index in [1.807, 2.05) is 30.3 Å². The third-order valence-corrected chi connectivity index (χ3v) is 4.71. The summed E-state index contributed by atoms with van der Waals surface area (Å²) in [6, 6.07) is 10.0. The number of thiazole rings is 1. The maximum Gasteiger partial charge on any atom is 0.223 e. The summed E-state index contributed by atoms with van der Waals surface area (Å²) in [7, 11) is 0. The van der Waals surface area contributed by atoms with Gasteiger partial charge in [-0.3, -0.25) is 0 Å². The maximum absolute atomic E-state index is 5.13. The molecule has 4 rings (SSSR count). The van der Waals surface area contributed by atoms with Gasteiger partial charge in [-0.15, -0.1) is 0 Å². The van der Waals surface area contributed by atoms with Gasteiger partial charge in [-0.05, 0) is 18.8 Å². The van der Waals surface area contributed by atoms with Crippen LogP contribution >= 0.6 is 11.3 Å². The van der Waals surface area contributed by atoms with Crippen molar-refractivity contribution in [2.24, 2.45) is 5.92 Å². The van der Waals surface area contributed by atoms with Crippen LogP contribution in [0.25, 0.3) is 22.0 Å². The molecule has 0 bridgehead atoms. The number of rotatable bonds is 5. The van der Waals surface area contributed by atoms with Crippen molar-refractivity contribution in [1.82, 2.24) is 15.1 Å². The molecule has 0 spiro atoms. The summed E-state index contributed by atoms with van der Waals surface area (Å²) in [5, 5.41) is 8.20. The zero-order valence-corrected chi connectivity index (χ0v) is 13.6. The zero-order chi connectivity index (χ0) is 15.8. The molecular weight excluding hydrogens is 308 g/mol. The van der Waals surface area contributed by atoms with Crippen LogP contribution in [0.3, 0.4) is 0 Å². The van der Waals surface area contributed by atoms with Gasteiger partial charge in [0.05, 0.1) is 5.69 Å². The Balaban J connectivity index is 1.75. The van der Waals surface area contributed by atoms with E-state index in [2.05, 4.69) is 22.0 Å². The van der Waals surface area contributed by atoms with Crippen molar-refractivity contribution < 1.29 is 4.52 Å². The summed E-state index contributed by atoms with van der Waals surface area (Å²) >= 11 is 1.53. The largest absolute Gasteiger partial charge is 0.339 e. The molecule has 116 valence electrons. The fraction of sp³-hybridized carbons (Fsp3) is 0.235. The Morgan fingerprint density at radius 1 is 1.26 bits per heavy atom. The van der Waals surface area contributed by atoms with Crippen molar-refractivity contribution in [3.63, 3.8) is 0 Å². The van der Waals surface area contributed by atoms with E-state index in [0.29, 0.717) is 17.6 Å². The fourth-order valence-electron chi connectivity index (χ4n) is 2.38. The van der Waals surface area contributed by atoms with E-state index >= 15 is 0 Å². The van der Waals surface area contributed by atoms with Gasteiger partial charge in [-0.2, -0.15) is 4.98 Å². The van der Waals surface area contributed by atoms with Gasteiger partial charge in [0.2, 0.25) is 11.7 Å². The van der Waals surface area contributed by atoms with E-state index in [1.54, 1.807) is 6.92 Å². The molecule has 2 aromatic heterocycles. The topological polar surface area (TPSA) is 63.8 Å². The van der Waals surface area contributed by atoms with Crippen LogP contribution in [-0.2, 0) is 0 Å². The molecule has 0 saturated heterocycles. The van der Waals surface area contributed by atoms with Crippen molar-refractivity contribution in [3.05, 3.63) is 48.5 Å². The van der Waals surface area contributed by atoms with Gasteiger partial charge in [0, 0.05) is 18.2 Å². The lowest BCUT2D eigenvalue weighted by Crippen LogP contribution is -1.98. The summed E-state index contributed by atoms with van der Waals surface area (Å²) in [4.78, 5) is 9.99. The minimum absolute atomic E-state index is 0.546. The fourth-order valence-corrected chi connectivity index (χ4v) is 3.33. The summed E-state index contributed by atoms with van der Waals surface area (Å²) in [5.41, 5.74) is 2.93. The average molecular weight is 324 g/mol. The van der Waals surface area contributed by atoms with Crippen molar-refractivity contribution in [2.75, 3.05) is 5.32 Å². The monoisotopic (exact) mass is 324 g/mol. The molecule has 1 N–H and O–H groups in total. The molecule has 0 radical (unpaired) electrons. The van der Waals surface area contributed by atoms with E-state index in [0.717, 1.165) is 27.0 Å². The lowest BCUT2D eigenvalue weighted by Gasteiger charge is -2.03. The molecule has 0 atom stereocenters. The molecule has 0 unspecified atom stereocenters. The first-order valence-electron chi connectivity index (χ1n) is 7.53. The van der Waals surface area contributed by atoms with E-state index in [-0.39, 0.29) is 0 Å². The SMILES string of the molecule is C=C(Nc1nc(-c2ccccc2)c(-c2noc(C)n2)s1)C1CC1. The van der Waals surface area contributed by atoms with Crippen molar-refractivity contribution >= 4 is 16.5 Å². The van der Waals surface area contributed by atoms with Crippen LogP contribution in [0.15, 0.2) is 47.1 Å². The zero-order valence-electron chi connectivity index (χ0n) is 12.7. The highest BCUT2D eigenvalue weighted by Crippen LogP contribution is 2.40. The molecule has 1 aliphatic rings. The third kappa shape index (κ3) is 2.90. The molecule has 1 fully saturated rings. The maximum atomic E-state index is 5.13. The molecule has 6 heteroatoms. The number of nitrogens with zero attached hydrogens (tertiary/aromatic N) is 3. The van der Waals surface area contributed by atoms with Crippen LogP contribution in [-0.4, -0.2) is 15.1 Å². The van der Waals surface area contributed by atoms with Crippen molar-refractivity contribution in [3.8, 4) is 22.0 Å². The number of anilines is 1. The molecule has 0 aliphatic heterocycles. The second-order valence-electron chi connectivity index (χ2n) is 5.62. The van der Waals surface area contributed by atoms with E-state index < -0.39 is 0 Å². The Bertz CT molecular complexity index is 849. The minimum atomic E-state index is 0.546. The standard InChI is InChI=1S/C17H16N4OS/c1-10(12-8-9-12)18-17-20-14(13-6-4-3-5-7-13)15(23-17)16-19-11(2)22-21-16/h3-7,12H,1,8-9H2,2H3,(H,18,20). The van der Waals surface area contributed by atoms with Crippen molar-refractivity contribution in [2.45, 2.75) is 19.8 Å². The molecular formula is C17H16N4OS. The molecule has 2 heterocycles. The highest BCUT2D eigenvalue weighted by Gasteiger charge is 2.26. The summed E-state index contributed by atoms with van der Waals surface area (Å²) < 4.78 is 5.13. The van der Waals surface area contributed by atoms with E-state index in [4.69, 9.17) is 9.51 Å². The number of aryl methyl sites for hydroxylation is 1. The molecule has 0 amide bonds. The van der Waals surface area contributed by atoms with Crippen LogP contribution < -0.4 is 5.32 Å². The van der Waals surface area contributed by atoms with Crippen LogP contribution in [0.4, 0.5) is 5.13 Å². The first-order valence-corrected chi connectivity index (χ1v) is 8.35. The lowest BCUT2D eigenvalue weighted by molar-refractivity contribution is 0.394. The Hall–Kier alpha value is -2.47. The highest BCUT2D eigenvalue weighted by molar-refractivity contribution is 7.19. The second kappa shape index (κ2) is 5.62. The number of hydrogen-bond donors (Lipinski definition) is 1. The molecule has 1 aliphatic carbocycles. The van der Waals surface area contributed by atoms with Gasteiger partial charge in [-0.1, -0.05) is 53.4 Å². The summed E-state index contributed by atoms with van der Waals surface area (Å²) in [6.45, 7) is 5.89. The Morgan fingerprint density at radius 3 is 2.70 bits per heavy atom. The molecule has 5 nitrogen and oxygen atoms in total. The van der Waals surface area contributed by atoms with Gasteiger partial charge < -0.3 is 9.84 Å². The summed E-state index contributed by atoms with van der Waals surface area (Å²) in [5.74, 6) is 1.70. The Labute approximate surface area is 138 Å². The predicted molar refractivity (Wildman–Crippen MR) is 91.1 cm³/mol. The van der Waals surface area contributed by atoms with Crippen LogP contribution in [0.1, 0.15) is 18.7 Å². The van der Waals surface area contributed by atoms with Crippen molar-refractivity contribution in [1.29, 1.82) is 0 Å². The second-order valence-corrected chi connectivity index (χ2v) is 6.62. The van der Waals surface area contributed by atoms with E-state index in [9.17, 15) is 0 Å². The Kier molecular flexibility index (Phi) is 3.46. The minimum Gasteiger partial charge on any atom is -0.339 e. The van der Waals surface area contributed by atoms with E-state index in [1.165, 1.54) is 24.2 Å². The van der Waals surface area contributed by atoms with Gasteiger partial charge in [0.25, 0.3) is 0 Å². The summed E-state index contributed by atoms with van der Waals surface area (Å²) in [6.07, 6.45) is 2.42. The number of nitrogens with one attached hydrogen (secondary N) is 1. The number of aromatic nitrogens is 3. The quantitative estimate of drug-likeness (QED) is 0.748. The number of hydrogen-bond acceptors (Lipinski definition) is 6. The van der Waals surface area contributed by atoms with Gasteiger partial charge >= 0.3 is 0 Å². The highest BCUT2D eigenvalue weighted by atomic mass is 32.1. The van der Waals surface area contributed by atoms with Gasteiger partial charge in [0.15, 0.2) is 5.13 Å². The average Bonchev–Trinajstić information content (AvgIpc) is 3.21. The molecule has 1 aromatic carbocycles. The third-order valence-electron chi connectivity index (χ3n) is 3.74. The smallest absolute Gasteiger partial charge is 0.223 e. The first kappa shape index (κ1) is 14.1. The lowest BCUT2D eigenvalue weighted by atomic mass is 10.1. The first-order chi connectivity index (χ1) is 11.2. The molecule has 1 saturated carbocycles. The molecule has 23 heavy (non-hydrogen) atoms. The normalized spacial score (nSPS) is 14.0.